The molecule has 7 nitrogen and oxygen atoms in total. The lowest BCUT2D eigenvalue weighted by Gasteiger charge is -2.18. The molecule has 3 aromatic rings. The predicted molar refractivity (Wildman–Crippen MR) is 119 cm³/mol. The van der Waals surface area contributed by atoms with E-state index < -0.39 is 18.1 Å². The number of hydrogen-bond donors (Lipinski definition) is 2. The Bertz CT molecular complexity index is 952. The number of ether oxygens (including phenoxy) is 2. The molecule has 166 valence electrons. The Morgan fingerprint density at radius 3 is 1.66 bits per heavy atom. The maximum atomic E-state index is 12.6. The lowest BCUT2D eigenvalue weighted by molar-refractivity contribution is -0.148. The number of rotatable bonds is 11. The summed E-state index contributed by atoms with van der Waals surface area (Å²) in [6.07, 6.45) is -0.722. The molecule has 0 spiro atoms. The third-order valence-corrected chi connectivity index (χ3v) is 4.48. The van der Waals surface area contributed by atoms with Gasteiger partial charge in [-0.05, 0) is 16.7 Å². The molecule has 0 aromatic heterocycles. The van der Waals surface area contributed by atoms with Crippen LogP contribution in [0.2, 0.25) is 0 Å². The fraction of sp³-hybridized carbons (Fsp3) is 0.200. The zero-order chi connectivity index (χ0) is 22.4. The van der Waals surface area contributed by atoms with E-state index in [-0.39, 0.29) is 19.8 Å². The van der Waals surface area contributed by atoms with Gasteiger partial charge in [-0.25, -0.2) is 9.59 Å². The van der Waals surface area contributed by atoms with E-state index in [0.717, 1.165) is 16.7 Å². The molecule has 0 aliphatic rings. The zero-order valence-corrected chi connectivity index (χ0v) is 17.6. The molecule has 3 aromatic carbocycles. The van der Waals surface area contributed by atoms with Gasteiger partial charge in [0.1, 0.15) is 19.3 Å². The summed E-state index contributed by atoms with van der Waals surface area (Å²) in [5.74, 6) is -0.596. The molecule has 1 atom stereocenters. The molecule has 0 aliphatic heterocycles. The van der Waals surface area contributed by atoms with Crippen LogP contribution in [-0.4, -0.2) is 24.6 Å². The Balaban J connectivity index is 1.51. The molecule has 0 bridgehead atoms. The van der Waals surface area contributed by atoms with Crippen molar-refractivity contribution in [2.45, 2.75) is 25.9 Å². The smallest absolute Gasteiger partial charge is 0.408 e. The second-order valence-electron chi connectivity index (χ2n) is 6.97. The number of benzene rings is 3. The molecule has 1 amide bonds. The highest BCUT2D eigenvalue weighted by Crippen LogP contribution is 2.04. The van der Waals surface area contributed by atoms with Crippen molar-refractivity contribution in [2.75, 3.05) is 6.54 Å². The van der Waals surface area contributed by atoms with Crippen molar-refractivity contribution in [3.8, 4) is 0 Å². The minimum Gasteiger partial charge on any atom is -0.459 e. The average molecular weight is 434 g/mol. The van der Waals surface area contributed by atoms with Crippen LogP contribution in [0.15, 0.2) is 91.0 Å². The Hall–Kier alpha value is -3.68. The largest absolute Gasteiger partial charge is 0.459 e. The second-order valence-corrected chi connectivity index (χ2v) is 6.97. The molecule has 2 N–H and O–H groups in total. The first kappa shape index (κ1) is 23.0. The monoisotopic (exact) mass is 434 g/mol. The maximum absolute atomic E-state index is 12.6. The van der Waals surface area contributed by atoms with Crippen molar-refractivity contribution < 1.29 is 23.9 Å². The fourth-order valence-corrected chi connectivity index (χ4v) is 2.78. The summed E-state index contributed by atoms with van der Waals surface area (Å²) in [4.78, 5) is 30.3. The number of hydroxylamine groups is 1. The highest BCUT2D eigenvalue weighted by molar-refractivity contribution is 5.81. The molecule has 0 aliphatic carbocycles. The third-order valence-electron chi connectivity index (χ3n) is 4.48. The van der Waals surface area contributed by atoms with Crippen molar-refractivity contribution in [1.29, 1.82) is 0 Å². The van der Waals surface area contributed by atoms with E-state index >= 15 is 0 Å². The van der Waals surface area contributed by atoms with Crippen molar-refractivity contribution in [1.82, 2.24) is 10.8 Å². The van der Waals surface area contributed by atoms with Gasteiger partial charge < -0.3 is 14.8 Å². The minimum absolute atomic E-state index is 0.0148. The first-order chi connectivity index (χ1) is 15.7. The van der Waals surface area contributed by atoms with Crippen molar-refractivity contribution in [2.24, 2.45) is 0 Å². The minimum atomic E-state index is -0.988. The van der Waals surface area contributed by atoms with Crippen LogP contribution < -0.4 is 10.8 Å². The Morgan fingerprint density at radius 2 is 1.12 bits per heavy atom. The van der Waals surface area contributed by atoms with Gasteiger partial charge in [0.05, 0.1) is 13.2 Å². The van der Waals surface area contributed by atoms with E-state index in [1.165, 1.54) is 0 Å². The molecular formula is C25H26N2O5. The van der Waals surface area contributed by atoms with Gasteiger partial charge in [-0.1, -0.05) is 91.0 Å². The molecule has 0 radical (unpaired) electrons. The van der Waals surface area contributed by atoms with Crippen LogP contribution >= 0.6 is 0 Å². The zero-order valence-electron chi connectivity index (χ0n) is 17.6. The Labute approximate surface area is 187 Å². The van der Waals surface area contributed by atoms with Crippen molar-refractivity contribution in [3.05, 3.63) is 108 Å². The first-order valence-corrected chi connectivity index (χ1v) is 10.3. The standard InChI is InChI=1S/C25H26N2O5/c28-24(30-17-20-10-4-1-5-11-20)23(16-26-32-19-22-14-8-3-9-15-22)27-25(29)31-18-21-12-6-2-7-13-21/h1-15,23,26H,16-19H2,(H,27,29)/t23-/m0/s1. The number of hydrogen-bond acceptors (Lipinski definition) is 6. The van der Waals surface area contributed by atoms with Crippen LogP contribution in [-0.2, 0) is 38.9 Å². The lowest BCUT2D eigenvalue weighted by atomic mass is 10.2. The van der Waals surface area contributed by atoms with Gasteiger partial charge in [-0.2, -0.15) is 5.48 Å². The lowest BCUT2D eigenvalue weighted by Crippen LogP contribution is -2.48. The van der Waals surface area contributed by atoms with Crippen LogP contribution in [0, 0.1) is 0 Å². The number of alkyl carbamates (subject to hydrolysis) is 1. The van der Waals surface area contributed by atoms with E-state index in [4.69, 9.17) is 14.3 Å². The van der Waals surface area contributed by atoms with E-state index in [2.05, 4.69) is 10.8 Å². The van der Waals surface area contributed by atoms with Crippen molar-refractivity contribution >= 4 is 12.1 Å². The quantitative estimate of drug-likeness (QED) is 0.272. The molecule has 7 heteroatoms. The summed E-state index contributed by atoms with van der Waals surface area (Å²) in [5, 5.41) is 2.54. The number of carbonyl (C=O) groups excluding carboxylic acids is 2. The topological polar surface area (TPSA) is 85.9 Å². The van der Waals surface area contributed by atoms with E-state index in [1.54, 1.807) is 0 Å². The van der Waals surface area contributed by atoms with Crippen LogP contribution in [0.1, 0.15) is 16.7 Å². The van der Waals surface area contributed by atoms with Gasteiger partial charge in [0.25, 0.3) is 0 Å². The summed E-state index contributed by atoms with van der Waals surface area (Å²) >= 11 is 0. The molecule has 0 heterocycles. The normalized spacial score (nSPS) is 11.4. The van der Waals surface area contributed by atoms with Crippen molar-refractivity contribution in [3.63, 3.8) is 0 Å². The van der Waals surface area contributed by atoms with E-state index in [9.17, 15) is 9.59 Å². The molecular weight excluding hydrogens is 408 g/mol. The van der Waals surface area contributed by atoms with E-state index in [0.29, 0.717) is 6.61 Å². The Morgan fingerprint density at radius 1 is 0.656 bits per heavy atom. The van der Waals surface area contributed by atoms with Crippen LogP contribution in [0.25, 0.3) is 0 Å². The second kappa shape index (κ2) is 12.9. The van der Waals surface area contributed by atoms with Gasteiger partial charge in [-0.15, -0.1) is 0 Å². The molecule has 32 heavy (non-hydrogen) atoms. The Kier molecular flexibility index (Phi) is 9.26. The van der Waals surface area contributed by atoms with Crippen LogP contribution in [0.3, 0.4) is 0 Å². The third kappa shape index (κ3) is 8.22. The number of amides is 1. The molecule has 0 saturated carbocycles. The van der Waals surface area contributed by atoms with Gasteiger partial charge in [0, 0.05) is 0 Å². The SMILES string of the molecule is O=C(N[C@@H](CNOCc1ccccc1)C(=O)OCc1ccccc1)OCc1ccccc1. The fourth-order valence-electron chi connectivity index (χ4n) is 2.78. The highest BCUT2D eigenvalue weighted by atomic mass is 16.6. The average Bonchev–Trinajstić information content (AvgIpc) is 2.85. The van der Waals surface area contributed by atoms with Crippen LogP contribution in [0.4, 0.5) is 4.79 Å². The molecule has 0 saturated heterocycles. The number of esters is 1. The van der Waals surface area contributed by atoms with Gasteiger partial charge in [0.2, 0.25) is 0 Å². The van der Waals surface area contributed by atoms with Gasteiger partial charge in [0.15, 0.2) is 0 Å². The highest BCUT2D eigenvalue weighted by Gasteiger charge is 2.23. The van der Waals surface area contributed by atoms with Gasteiger partial charge >= 0.3 is 12.1 Å². The molecule has 3 rings (SSSR count). The molecule has 0 unspecified atom stereocenters. The summed E-state index contributed by atoms with van der Waals surface area (Å²) in [6, 6.07) is 27.2. The number of carbonyl (C=O) groups is 2. The summed E-state index contributed by atoms with van der Waals surface area (Å²) in [5.41, 5.74) is 5.38. The number of nitrogens with one attached hydrogen (secondary N) is 2. The summed E-state index contributed by atoms with van der Waals surface area (Å²) in [6.45, 7) is 0.518. The van der Waals surface area contributed by atoms with Gasteiger partial charge in [-0.3, -0.25) is 4.84 Å². The first-order valence-electron chi connectivity index (χ1n) is 10.3. The maximum Gasteiger partial charge on any atom is 0.408 e. The summed E-state index contributed by atoms with van der Waals surface area (Å²) < 4.78 is 10.6. The molecule has 0 fully saturated rings. The predicted octanol–water partition coefficient (Wildman–Crippen LogP) is 3.75. The summed E-state index contributed by atoms with van der Waals surface area (Å²) in [7, 11) is 0. The van der Waals surface area contributed by atoms with Crippen LogP contribution in [0.5, 0.6) is 0 Å². The van der Waals surface area contributed by atoms with E-state index in [1.807, 2.05) is 91.0 Å².